The topological polar surface area (TPSA) is 237 Å². The zero-order valence-electron chi connectivity index (χ0n) is 56.9. The normalized spacial score (nSPS) is 14.1. The van der Waals surface area contributed by atoms with Gasteiger partial charge in [0.05, 0.1) is 26.4 Å². The van der Waals surface area contributed by atoms with Gasteiger partial charge in [0.2, 0.25) is 0 Å². The Kier molecular flexibility index (Phi) is 61.1. The lowest BCUT2D eigenvalue weighted by Crippen LogP contribution is -2.30. The van der Waals surface area contributed by atoms with Gasteiger partial charge in [-0.2, -0.15) is 0 Å². The molecule has 0 aliphatic carbocycles. The van der Waals surface area contributed by atoms with E-state index in [1.807, 2.05) is 0 Å². The first-order valence-corrected chi connectivity index (χ1v) is 39.1. The van der Waals surface area contributed by atoms with Gasteiger partial charge in [0, 0.05) is 25.7 Å². The second-order valence-corrected chi connectivity index (χ2v) is 28.3. The third-order valence-electron chi connectivity index (χ3n) is 16.0. The van der Waals surface area contributed by atoms with E-state index in [1.54, 1.807) is 0 Å². The molecule has 0 aromatic heterocycles. The summed E-state index contributed by atoms with van der Waals surface area (Å²) in [7, 11) is -9.89. The van der Waals surface area contributed by atoms with Crippen LogP contribution in [0.2, 0.25) is 0 Å². The van der Waals surface area contributed by atoms with Gasteiger partial charge < -0.3 is 33.8 Å². The highest BCUT2D eigenvalue weighted by Gasteiger charge is 2.30. The first kappa shape index (κ1) is 86.1. The number of phosphoric acid groups is 2. The average Bonchev–Trinajstić information content (AvgIpc) is 3.51. The molecule has 0 amide bonds. The molecule has 17 nitrogen and oxygen atoms in total. The summed E-state index contributed by atoms with van der Waals surface area (Å²) in [6.07, 6.45) is 48.6. The Morgan fingerprint density at radius 3 is 0.773 bits per heavy atom. The van der Waals surface area contributed by atoms with Gasteiger partial charge in [-0.05, 0) is 31.6 Å². The maximum absolute atomic E-state index is 13.0. The summed E-state index contributed by atoms with van der Waals surface area (Å²) in [6.45, 7) is 7.18. The van der Waals surface area contributed by atoms with E-state index in [1.165, 1.54) is 173 Å². The summed E-state index contributed by atoms with van der Waals surface area (Å²) < 4.78 is 68.2. The molecule has 88 heavy (non-hydrogen) atoms. The zero-order valence-corrected chi connectivity index (χ0v) is 58.6. The standard InChI is InChI=1S/C69H134O17P2/c1-6-9-12-15-18-21-23-25-26-27-29-31-33-39-44-49-54-68(73)85-65(59-80-67(72)53-48-43-38-32-30-28-24-22-19-16-13-10-7-2)61-84-88(77,78)82-57-63(70)56-81-87(75,76)83-60-64(58-79-66(71)52-47-42-37-20-17-14-11-8-3)86-69(74)55-50-45-40-35-34-36-41-46-51-62(4)5/h62-65,70H,6-61H2,1-5H3,(H,75,76)(H,77,78)/t63-,64+,65+/m0/s1. The number of ether oxygens (including phenoxy) is 4. The van der Waals surface area contributed by atoms with Gasteiger partial charge in [-0.15, -0.1) is 0 Å². The van der Waals surface area contributed by atoms with Crippen molar-refractivity contribution >= 4 is 39.5 Å². The molecule has 0 rings (SSSR count). The number of rotatable bonds is 69. The van der Waals surface area contributed by atoms with Crippen LogP contribution in [-0.2, 0) is 65.4 Å². The Hall–Kier alpha value is -1.94. The fourth-order valence-electron chi connectivity index (χ4n) is 10.5. The van der Waals surface area contributed by atoms with Crippen LogP contribution in [-0.4, -0.2) is 96.7 Å². The maximum Gasteiger partial charge on any atom is 0.472 e. The van der Waals surface area contributed by atoms with E-state index in [9.17, 15) is 43.2 Å². The van der Waals surface area contributed by atoms with Crippen molar-refractivity contribution in [3.05, 3.63) is 0 Å². The third-order valence-corrected chi connectivity index (χ3v) is 17.9. The van der Waals surface area contributed by atoms with Crippen molar-refractivity contribution in [1.82, 2.24) is 0 Å². The van der Waals surface area contributed by atoms with Crippen molar-refractivity contribution in [2.24, 2.45) is 5.92 Å². The first-order chi connectivity index (χ1) is 42.5. The molecule has 5 atom stereocenters. The van der Waals surface area contributed by atoms with Gasteiger partial charge >= 0.3 is 39.5 Å². The summed E-state index contributed by atoms with van der Waals surface area (Å²) in [5.74, 6) is -1.41. The van der Waals surface area contributed by atoms with Crippen molar-refractivity contribution < 1.29 is 80.2 Å². The molecule has 0 radical (unpaired) electrons. The van der Waals surface area contributed by atoms with Gasteiger partial charge in [0.25, 0.3) is 0 Å². The van der Waals surface area contributed by atoms with Gasteiger partial charge in [-0.3, -0.25) is 37.3 Å². The molecule has 0 aromatic rings. The molecule has 0 fully saturated rings. The highest BCUT2D eigenvalue weighted by molar-refractivity contribution is 7.47. The molecule has 0 bridgehead atoms. The molecule has 0 spiro atoms. The van der Waals surface area contributed by atoms with Gasteiger partial charge in [-0.1, -0.05) is 304 Å². The van der Waals surface area contributed by atoms with Gasteiger partial charge in [0.1, 0.15) is 19.3 Å². The molecule has 0 aromatic carbocycles. The smallest absolute Gasteiger partial charge is 0.462 e. The fourth-order valence-corrected chi connectivity index (χ4v) is 12.0. The number of hydrogen-bond donors (Lipinski definition) is 3. The second kappa shape index (κ2) is 62.5. The Balaban J connectivity index is 5.22. The number of unbranched alkanes of at least 4 members (excludes halogenated alkanes) is 41. The number of hydrogen-bond acceptors (Lipinski definition) is 15. The predicted octanol–water partition coefficient (Wildman–Crippen LogP) is 19.7. The summed E-state index contributed by atoms with van der Waals surface area (Å²) in [5, 5.41) is 10.6. The van der Waals surface area contributed by atoms with E-state index in [0.717, 1.165) is 102 Å². The van der Waals surface area contributed by atoms with Crippen molar-refractivity contribution in [3.63, 3.8) is 0 Å². The summed E-state index contributed by atoms with van der Waals surface area (Å²) in [6, 6.07) is 0. The van der Waals surface area contributed by atoms with Crippen LogP contribution in [0.25, 0.3) is 0 Å². The molecule has 19 heteroatoms. The van der Waals surface area contributed by atoms with Crippen molar-refractivity contribution in [2.45, 2.75) is 374 Å². The van der Waals surface area contributed by atoms with E-state index in [4.69, 9.17) is 37.0 Å². The largest absolute Gasteiger partial charge is 0.472 e. The summed E-state index contributed by atoms with van der Waals surface area (Å²) in [5.41, 5.74) is 0. The molecular weight excluding hydrogens is 1160 g/mol. The lowest BCUT2D eigenvalue weighted by Gasteiger charge is -2.21. The third kappa shape index (κ3) is 62.8. The van der Waals surface area contributed by atoms with Crippen molar-refractivity contribution in [1.29, 1.82) is 0 Å². The summed E-state index contributed by atoms with van der Waals surface area (Å²) >= 11 is 0. The van der Waals surface area contributed by atoms with Crippen LogP contribution in [0.5, 0.6) is 0 Å². The minimum absolute atomic E-state index is 0.105. The highest BCUT2D eigenvalue weighted by atomic mass is 31.2. The van der Waals surface area contributed by atoms with E-state index >= 15 is 0 Å². The van der Waals surface area contributed by atoms with Crippen LogP contribution in [0.1, 0.15) is 356 Å². The van der Waals surface area contributed by atoms with Gasteiger partial charge in [0.15, 0.2) is 12.2 Å². The molecule has 0 saturated heterocycles. The minimum Gasteiger partial charge on any atom is -0.462 e. The fraction of sp³-hybridized carbons (Fsp3) is 0.942. The Labute approximate surface area is 537 Å². The van der Waals surface area contributed by atoms with Crippen LogP contribution < -0.4 is 0 Å². The molecule has 2 unspecified atom stereocenters. The Bertz CT molecular complexity index is 1700. The number of esters is 4. The lowest BCUT2D eigenvalue weighted by atomic mass is 10.0. The molecule has 3 N–H and O–H groups in total. The Morgan fingerprint density at radius 1 is 0.307 bits per heavy atom. The second-order valence-electron chi connectivity index (χ2n) is 25.4. The SMILES string of the molecule is CCCCCCCCCCCCCCCCCCC(=O)O[C@H](COC(=O)CCCCCCCCCCCCCCC)COP(=O)(O)OC[C@@H](O)COP(=O)(O)OC[C@@H](COC(=O)CCCCCCCCCC)OC(=O)CCCCCCCCCCC(C)C. The monoisotopic (exact) mass is 1300 g/mol. The number of aliphatic hydroxyl groups is 1. The van der Waals surface area contributed by atoms with E-state index < -0.39 is 97.5 Å². The van der Waals surface area contributed by atoms with E-state index in [-0.39, 0.29) is 25.7 Å². The molecule has 0 aliphatic rings. The van der Waals surface area contributed by atoms with E-state index in [0.29, 0.717) is 25.7 Å². The van der Waals surface area contributed by atoms with Crippen LogP contribution in [0, 0.1) is 5.92 Å². The zero-order chi connectivity index (χ0) is 64.9. The Morgan fingerprint density at radius 2 is 0.523 bits per heavy atom. The maximum atomic E-state index is 13.0. The minimum atomic E-state index is -4.95. The summed E-state index contributed by atoms with van der Waals surface area (Å²) in [4.78, 5) is 72.4. The van der Waals surface area contributed by atoms with Crippen molar-refractivity contribution in [2.75, 3.05) is 39.6 Å². The number of phosphoric ester groups is 2. The molecule has 522 valence electrons. The molecular formula is C69H134O17P2. The quantitative estimate of drug-likeness (QED) is 0.0222. The average molecular weight is 1300 g/mol. The first-order valence-electron chi connectivity index (χ1n) is 36.1. The molecule has 0 heterocycles. The molecule has 0 saturated carbocycles. The van der Waals surface area contributed by atoms with Crippen LogP contribution in [0.15, 0.2) is 0 Å². The van der Waals surface area contributed by atoms with Crippen LogP contribution in [0.4, 0.5) is 0 Å². The van der Waals surface area contributed by atoms with Crippen LogP contribution in [0.3, 0.4) is 0 Å². The predicted molar refractivity (Wildman–Crippen MR) is 354 cm³/mol. The number of carbonyl (C=O) groups excluding carboxylic acids is 4. The van der Waals surface area contributed by atoms with Crippen LogP contribution >= 0.6 is 15.6 Å². The highest BCUT2D eigenvalue weighted by Crippen LogP contribution is 2.45. The van der Waals surface area contributed by atoms with Crippen molar-refractivity contribution in [3.8, 4) is 0 Å². The molecule has 0 aliphatic heterocycles. The number of carbonyl (C=O) groups is 4. The van der Waals surface area contributed by atoms with Gasteiger partial charge in [-0.25, -0.2) is 9.13 Å². The number of aliphatic hydroxyl groups excluding tert-OH is 1. The van der Waals surface area contributed by atoms with E-state index in [2.05, 4.69) is 34.6 Å². The lowest BCUT2D eigenvalue weighted by molar-refractivity contribution is -0.161.